The lowest BCUT2D eigenvalue weighted by atomic mass is 9.98. The van der Waals surface area contributed by atoms with Crippen molar-refractivity contribution in [1.82, 2.24) is 9.29 Å². The molecular formula is C29H26FN5O4S2. The predicted molar refractivity (Wildman–Crippen MR) is 156 cm³/mol. The first-order valence-electron chi connectivity index (χ1n) is 13.2. The summed E-state index contributed by atoms with van der Waals surface area (Å²) >= 11 is 1.38. The molecule has 4 aromatic rings. The third kappa shape index (κ3) is 5.50. The number of hydrogen-bond donors (Lipinski definition) is 0. The summed E-state index contributed by atoms with van der Waals surface area (Å²) < 4.78 is 41.3. The summed E-state index contributed by atoms with van der Waals surface area (Å²) in [6.45, 7) is 1.09. The molecule has 12 heteroatoms. The number of aromatic nitrogens is 1. The molecular weight excluding hydrogens is 565 g/mol. The first-order valence-corrected chi connectivity index (χ1v) is 15.5. The SMILES string of the molecule is O=[N+]([O-])c1cccc(C2=NN(c3nc(-c4ccc(S(=O)(=O)N5CCCCC5)cc4)cs3)[C@H](c3ccc(F)cc3)C2)c1. The van der Waals surface area contributed by atoms with Crippen molar-refractivity contribution in [2.24, 2.45) is 5.10 Å². The van der Waals surface area contributed by atoms with Crippen LogP contribution in [0.3, 0.4) is 0 Å². The van der Waals surface area contributed by atoms with E-state index in [1.807, 2.05) is 5.38 Å². The summed E-state index contributed by atoms with van der Waals surface area (Å²) in [5.41, 5.74) is 3.54. The molecule has 1 atom stereocenters. The van der Waals surface area contributed by atoms with Crippen molar-refractivity contribution in [2.75, 3.05) is 18.1 Å². The smallest absolute Gasteiger partial charge is 0.258 e. The van der Waals surface area contributed by atoms with Crippen LogP contribution in [0.1, 0.15) is 42.9 Å². The summed E-state index contributed by atoms with van der Waals surface area (Å²) in [5.74, 6) is -0.347. The number of non-ortho nitro benzene ring substituents is 1. The summed E-state index contributed by atoms with van der Waals surface area (Å²) in [5, 5.41) is 20.4. The number of halogens is 1. The highest BCUT2D eigenvalue weighted by molar-refractivity contribution is 7.89. The molecule has 0 saturated carbocycles. The van der Waals surface area contributed by atoms with Gasteiger partial charge in [-0.2, -0.15) is 9.41 Å². The van der Waals surface area contributed by atoms with E-state index in [2.05, 4.69) is 0 Å². The average molecular weight is 592 g/mol. The van der Waals surface area contributed by atoms with E-state index in [4.69, 9.17) is 10.1 Å². The molecule has 0 aliphatic carbocycles. The first kappa shape index (κ1) is 27.2. The van der Waals surface area contributed by atoms with E-state index in [0.29, 0.717) is 41.6 Å². The van der Waals surface area contributed by atoms with Crippen molar-refractivity contribution in [2.45, 2.75) is 36.6 Å². The zero-order valence-electron chi connectivity index (χ0n) is 21.9. The number of hydrogen-bond acceptors (Lipinski definition) is 8. The van der Waals surface area contributed by atoms with Gasteiger partial charge in [-0.1, -0.05) is 42.8 Å². The molecule has 0 radical (unpaired) electrons. The van der Waals surface area contributed by atoms with Crippen LogP contribution >= 0.6 is 11.3 Å². The van der Waals surface area contributed by atoms with Crippen LogP contribution in [0.25, 0.3) is 11.3 Å². The van der Waals surface area contributed by atoms with E-state index in [0.717, 1.165) is 30.4 Å². The summed E-state index contributed by atoms with van der Waals surface area (Å²) in [4.78, 5) is 16.0. The summed E-state index contributed by atoms with van der Waals surface area (Å²) in [6, 6.07) is 19.0. The number of nitrogens with zero attached hydrogens (tertiary/aromatic N) is 5. The Hall–Kier alpha value is -4.00. The van der Waals surface area contributed by atoms with Crippen molar-refractivity contribution in [1.29, 1.82) is 0 Å². The van der Waals surface area contributed by atoms with Crippen molar-refractivity contribution in [3.8, 4) is 11.3 Å². The van der Waals surface area contributed by atoms with Crippen molar-refractivity contribution in [3.05, 3.63) is 105 Å². The molecule has 1 fully saturated rings. The highest BCUT2D eigenvalue weighted by atomic mass is 32.2. The second-order valence-electron chi connectivity index (χ2n) is 9.97. The Balaban J connectivity index is 1.30. The van der Waals surface area contributed by atoms with Gasteiger partial charge < -0.3 is 0 Å². The molecule has 1 saturated heterocycles. The second kappa shape index (κ2) is 11.1. The van der Waals surface area contributed by atoms with Crippen molar-refractivity contribution in [3.63, 3.8) is 0 Å². The molecule has 0 unspecified atom stereocenters. The van der Waals surface area contributed by atoms with Crippen LogP contribution in [-0.2, 0) is 10.0 Å². The molecule has 210 valence electrons. The molecule has 6 rings (SSSR count). The second-order valence-corrected chi connectivity index (χ2v) is 12.7. The maximum absolute atomic E-state index is 13.7. The summed E-state index contributed by atoms with van der Waals surface area (Å²) in [6.07, 6.45) is 3.25. The fourth-order valence-corrected chi connectivity index (χ4v) is 7.51. The van der Waals surface area contributed by atoms with E-state index < -0.39 is 14.9 Å². The van der Waals surface area contributed by atoms with Crippen LogP contribution in [0.2, 0.25) is 0 Å². The van der Waals surface area contributed by atoms with Gasteiger partial charge in [0.1, 0.15) is 5.82 Å². The molecule has 2 aliphatic rings. The number of nitro groups is 1. The zero-order chi connectivity index (χ0) is 28.6. The number of benzene rings is 3. The third-order valence-corrected chi connectivity index (χ3v) is 10.1. The molecule has 0 bridgehead atoms. The van der Waals surface area contributed by atoms with Gasteiger partial charge in [0.15, 0.2) is 0 Å². The quantitative estimate of drug-likeness (QED) is 0.182. The number of thiazole rings is 1. The molecule has 1 aromatic heterocycles. The minimum absolute atomic E-state index is 0.0238. The van der Waals surface area contributed by atoms with Gasteiger partial charge in [-0.3, -0.25) is 10.1 Å². The van der Waals surface area contributed by atoms with Gasteiger partial charge in [-0.05, 0) is 42.7 Å². The van der Waals surface area contributed by atoms with Crippen LogP contribution in [0.15, 0.2) is 88.2 Å². The molecule has 9 nitrogen and oxygen atoms in total. The van der Waals surface area contributed by atoms with E-state index >= 15 is 0 Å². The zero-order valence-corrected chi connectivity index (χ0v) is 23.5. The highest BCUT2D eigenvalue weighted by Gasteiger charge is 2.32. The van der Waals surface area contributed by atoms with Gasteiger partial charge in [0.25, 0.3) is 5.69 Å². The van der Waals surface area contributed by atoms with Gasteiger partial charge in [0.05, 0.1) is 27.3 Å². The molecule has 2 aliphatic heterocycles. The van der Waals surface area contributed by atoms with Crippen LogP contribution in [-0.4, -0.2) is 41.4 Å². The third-order valence-electron chi connectivity index (χ3n) is 7.35. The van der Waals surface area contributed by atoms with Gasteiger partial charge in [0, 0.05) is 48.2 Å². The van der Waals surface area contributed by atoms with E-state index in [1.54, 1.807) is 57.8 Å². The van der Waals surface area contributed by atoms with Gasteiger partial charge >= 0.3 is 0 Å². The number of nitro benzene ring substituents is 1. The van der Waals surface area contributed by atoms with Crippen LogP contribution in [0.4, 0.5) is 15.2 Å². The van der Waals surface area contributed by atoms with E-state index in [1.165, 1.54) is 35.6 Å². The van der Waals surface area contributed by atoms with Crippen molar-refractivity contribution < 1.29 is 17.7 Å². The molecule has 0 N–H and O–H groups in total. The Kier molecular flexibility index (Phi) is 7.37. The number of rotatable bonds is 7. The van der Waals surface area contributed by atoms with Gasteiger partial charge in [-0.25, -0.2) is 22.8 Å². The van der Waals surface area contributed by atoms with Crippen LogP contribution < -0.4 is 5.01 Å². The highest BCUT2D eigenvalue weighted by Crippen LogP contribution is 2.40. The van der Waals surface area contributed by atoms with Crippen molar-refractivity contribution >= 4 is 37.9 Å². The first-order chi connectivity index (χ1) is 19.8. The van der Waals surface area contributed by atoms with E-state index in [-0.39, 0.29) is 22.4 Å². The lowest BCUT2D eigenvalue weighted by Crippen LogP contribution is -2.35. The largest absolute Gasteiger partial charge is 0.270 e. The lowest BCUT2D eigenvalue weighted by Gasteiger charge is -2.25. The minimum Gasteiger partial charge on any atom is -0.258 e. The Morgan fingerprint density at radius 3 is 2.39 bits per heavy atom. The molecule has 3 aromatic carbocycles. The Morgan fingerprint density at radius 2 is 1.68 bits per heavy atom. The van der Waals surface area contributed by atoms with Gasteiger partial charge in [-0.15, -0.1) is 11.3 Å². The maximum atomic E-state index is 13.7. The minimum atomic E-state index is -3.53. The fourth-order valence-electron chi connectivity index (χ4n) is 5.16. The Bertz CT molecular complexity index is 1720. The standard InChI is InChI=1S/C29H26FN5O4S2/c30-23-11-7-21(8-12-23)28-18-26(22-5-4-6-24(17-22)35(36)37)32-34(28)29-31-27(19-40-29)20-9-13-25(14-10-20)41(38,39)33-15-2-1-3-16-33/h4-14,17,19,28H,1-3,15-16,18H2/t28-/m0/s1. The number of hydrazone groups is 1. The normalized spacial score (nSPS) is 17.9. The number of sulfonamides is 1. The number of anilines is 1. The molecule has 0 spiro atoms. The monoisotopic (exact) mass is 591 g/mol. The fraction of sp³-hybridized carbons (Fsp3) is 0.241. The Morgan fingerprint density at radius 1 is 0.951 bits per heavy atom. The van der Waals surface area contributed by atoms with Crippen LogP contribution in [0.5, 0.6) is 0 Å². The van der Waals surface area contributed by atoms with Gasteiger partial charge in [0.2, 0.25) is 15.2 Å². The topological polar surface area (TPSA) is 109 Å². The maximum Gasteiger partial charge on any atom is 0.270 e. The van der Waals surface area contributed by atoms with E-state index in [9.17, 15) is 22.9 Å². The lowest BCUT2D eigenvalue weighted by molar-refractivity contribution is -0.384. The molecule has 3 heterocycles. The number of piperidine rings is 1. The summed E-state index contributed by atoms with van der Waals surface area (Å²) in [7, 11) is -3.53. The molecule has 0 amide bonds. The molecule has 41 heavy (non-hydrogen) atoms. The van der Waals surface area contributed by atoms with Crippen LogP contribution in [0, 0.1) is 15.9 Å². The Labute approximate surface area is 240 Å². The average Bonchev–Trinajstić information content (AvgIpc) is 3.66. The predicted octanol–water partition coefficient (Wildman–Crippen LogP) is 6.39.